The number of allylic oxidation sites excluding steroid dienone is 2. The van der Waals surface area contributed by atoms with Gasteiger partial charge in [0.2, 0.25) is 15.8 Å². The third-order valence-corrected chi connectivity index (χ3v) is 5.47. The first kappa shape index (κ1) is 22.1. The number of aromatic amines is 1. The van der Waals surface area contributed by atoms with Crippen molar-refractivity contribution in [2.75, 3.05) is 19.1 Å². The number of hydrogen-bond acceptors (Lipinski definition) is 10. The van der Waals surface area contributed by atoms with Gasteiger partial charge in [-0.2, -0.15) is 5.21 Å². The number of esters is 2. The number of nitrogens with one attached hydrogen (secondary N) is 1. The van der Waals surface area contributed by atoms with Gasteiger partial charge in [-0.1, -0.05) is 17.7 Å². The van der Waals surface area contributed by atoms with E-state index in [0.717, 1.165) is 20.3 Å². The van der Waals surface area contributed by atoms with Crippen LogP contribution in [-0.2, 0) is 29.1 Å². The Morgan fingerprint density at radius 3 is 2.45 bits per heavy atom. The van der Waals surface area contributed by atoms with Crippen molar-refractivity contribution in [2.24, 2.45) is 5.14 Å². The second-order valence-corrected chi connectivity index (χ2v) is 7.83. The zero-order chi connectivity index (χ0) is 22.8. The number of tetrazole rings is 1. The Bertz CT molecular complexity index is 1240. The van der Waals surface area contributed by atoms with Crippen LogP contribution in [0.3, 0.4) is 0 Å². The highest BCUT2D eigenvalue weighted by molar-refractivity contribution is 7.89. The molecule has 0 fully saturated rings. The molecule has 0 atom stereocenters. The van der Waals surface area contributed by atoms with E-state index >= 15 is 0 Å². The van der Waals surface area contributed by atoms with Crippen LogP contribution < -0.4 is 10.0 Å². The Kier molecular flexibility index (Phi) is 6.19. The highest BCUT2D eigenvalue weighted by Gasteiger charge is 2.31. The Hall–Kier alpha value is -3.55. The first-order valence-corrected chi connectivity index (χ1v) is 10.3. The lowest BCUT2D eigenvalue weighted by Crippen LogP contribution is -2.27. The minimum Gasteiger partial charge on any atom is -0.465 e. The van der Waals surface area contributed by atoms with Gasteiger partial charge in [-0.05, 0) is 29.5 Å². The van der Waals surface area contributed by atoms with E-state index in [2.05, 4.69) is 20.6 Å². The summed E-state index contributed by atoms with van der Waals surface area (Å²) in [5.41, 5.74) is -0.103. The molecule has 1 aromatic heterocycles. The van der Waals surface area contributed by atoms with Crippen molar-refractivity contribution in [1.82, 2.24) is 20.6 Å². The monoisotopic (exact) mass is 466 g/mol. The maximum Gasteiger partial charge on any atom is 0.355 e. The molecule has 0 amide bonds. The second-order valence-electron chi connectivity index (χ2n) is 5.90. The van der Waals surface area contributed by atoms with E-state index in [0.29, 0.717) is 0 Å². The first-order chi connectivity index (χ1) is 14.7. The van der Waals surface area contributed by atoms with E-state index in [1.54, 1.807) is 0 Å². The summed E-state index contributed by atoms with van der Waals surface area (Å²) in [6, 6.07) is 2.37. The van der Waals surface area contributed by atoms with E-state index in [4.69, 9.17) is 26.2 Å². The van der Waals surface area contributed by atoms with Crippen LogP contribution in [0.5, 0.6) is 0 Å². The summed E-state index contributed by atoms with van der Waals surface area (Å²) < 4.78 is 33.5. The lowest BCUT2D eigenvalue weighted by molar-refractivity contribution is -0.139. The third kappa shape index (κ3) is 4.33. The standard InChI is InChI=1S/C17H15ClN6O6S/c1-29-16(25)9-5-3-4-6-24(14(9)17(26)30-2)12-8-11(18)13(31(19,27)28)7-10(12)15-20-22-23-21-15/h3-8H,1-2H3,(H2,19,27,28)(H,20,21,22,23). The maximum absolute atomic E-state index is 12.6. The van der Waals surface area contributed by atoms with E-state index < -0.39 is 26.9 Å². The van der Waals surface area contributed by atoms with Crippen LogP contribution in [0.1, 0.15) is 0 Å². The molecule has 3 rings (SSSR count). The summed E-state index contributed by atoms with van der Waals surface area (Å²) >= 11 is 6.18. The van der Waals surface area contributed by atoms with Gasteiger partial charge in [-0.25, -0.2) is 23.1 Å². The Morgan fingerprint density at radius 1 is 1.16 bits per heavy atom. The van der Waals surface area contributed by atoms with E-state index in [-0.39, 0.29) is 33.4 Å². The predicted molar refractivity (Wildman–Crippen MR) is 108 cm³/mol. The van der Waals surface area contributed by atoms with Gasteiger partial charge in [0.1, 0.15) is 10.6 Å². The van der Waals surface area contributed by atoms with E-state index in [1.165, 1.54) is 35.4 Å². The van der Waals surface area contributed by atoms with Gasteiger partial charge in [-0.15, -0.1) is 10.2 Å². The van der Waals surface area contributed by atoms with Crippen molar-refractivity contribution >= 4 is 39.3 Å². The number of primary sulfonamides is 1. The molecule has 1 aliphatic rings. The van der Waals surface area contributed by atoms with Gasteiger partial charge >= 0.3 is 11.9 Å². The van der Waals surface area contributed by atoms with Crippen molar-refractivity contribution in [3.8, 4) is 11.4 Å². The number of nitrogens with zero attached hydrogens (tertiary/aromatic N) is 4. The molecule has 2 aromatic rings. The molecule has 0 saturated carbocycles. The number of methoxy groups -OCH3 is 2. The first-order valence-electron chi connectivity index (χ1n) is 8.34. The minimum atomic E-state index is -4.21. The summed E-state index contributed by atoms with van der Waals surface area (Å²) in [7, 11) is -1.92. The number of ether oxygens (including phenoxy) is 2. The molecule has 0 spiro atoms. The number of benzene rings is 1. The van der Waals surface area contributed by atoms with Gasteiger partial charge in [-0.3, -0.25) is 0 Å². The number of nitrogens with two attached hydrogens (primary N) is 1. The average molecular weight is 467 g/mol. The lowest BCUT2D eigenvalue weighted by Gasteiger charge is -2.25. The van der Waals surface area contributed by atoms with Crippen molar-refractivity contribution in [1.29, 1.82) is 0 Å². The quantitative estimate of drug-likeness (QED) is 0.596. The fraction of sp³-hybridized carbons (Fsp3) is 0.118. The van der Waals surface area contributed by atoms with Crippen LogP contribution in [-0.4, -0.2) is 55.2 Å². The summed E-state index contributed by atoms with van der Waals surface area (Å²) in [6.07, 6.45) is 5.83. The van der Waals surface area contributed by atoms with Gasteiger partial charge in [0.05, 0.1) is 30.5 Å². The number of carbonyl (C=O) groups excluding carboxylic acids is 2. The van der Waals surface area contributed by atoms with Gasteiger partial charge in [0.15, 0.2) is 0 Å². The van der Waals surface area contributed by atoms with Crippen molar-refractivity contribution in [3.63, 3.8) is 0 Å². The van der Waals surface area contributed by atoms with Crippen molar-refractivity contribution < 1.29 is 27.5 Å². The van der Waals surface area contributed by atoms with Crippen molar-refractivity contribution in [3.05, 3.63) is 52.9 Å². The van der Waals surface area contributed by atoms with Crippen LogP contribution in [0, 0.1) is 0 Å². The number of aromatic nitrogens is 4. The fourth-order valence-electron chi connectivity index (χ4n) is 2.77. The summed E-state index contributed by atoms with van der Waals surface area (Å²) in [4.78, 5) is 25.9. The molecule has 0 saturated heterocycles. The molecule has 1 aromatic carbocycles. The van der Waals surface area contributed by atoms with Crippen LogP contribution >= 0.6 is 11.6 Å². The average Bonchev–Trinajstić information content (AvgIpc) is 3.17. The number of sulfonamides is 1. The van der Waals surface area contributed by atoms with Gasteiger partial charge < -0.3 is 14.4 Å². The predicted octanol–water partition coefficient (Wildman–Crippen LogP) is 0.657. The van der Waals surface area contributed by atoms with Crippen molar-refractivity contribution in [2.45, 2.75) is 4.90 Å². The highest BCUT2D eigenvalue weighted by atomic mass is 35.5. The number of H-pyrrole nitrogens is 1. The van der Waals surface area contributed by atoms with Crippen LogP contribution in [0.4, 0.5) is 5.69 Å². The molecular formula is C17H15ClN6O6S. The number of halogens is 1. The molecular weight excluding hydrogens is 452 g/mol. The molecule has 162 valence electrons. The van der Waals surface area contributed by atoms with E-state index in [9.17, 15) is 18.0 Å². The number of anilines is 1. The summed E-state index contributed by atoms with van der Waals surface area (Å²) in [5.74, 6) is -1.70. The topological polar surface area (TPSA) is 170 Å². The SMILES string of the molecule is COC(=O)C1=C(C(=O)OC)N(c2cc(Cl)c(S(N)(=O)=O)cc2-c2nn[nH]n2)C=CC=C1. The summed E-state index contributed by atoms with van der Waals surface area (Å²) in [5, 5.41) is 18.5. The van der Waals surface area contributed by atoms with Gasteiger partial charge in [0, 0.05) is 11.8 Å². The number of carbonyl (C=O) groups is 2. The third-order valence-electron chi connectivity index (χ3n) is 4.09. The Balaban J connectivity index is 2.37. The zero-order valence-corrected chi connectivity index (χ0v) is 17.6. The molecule has 2 heterocycles. The number of rotatable bonds is 5. The van der Waals surface area contributed by atoms with Gasteiger partial charge in [0.25, 0.3) is 0 Å². The number of hydrogen-bond donors (Lipinski definition) is 2. The minimum absolute atomic E-state index is 0.0222. The Labute approximate surface area is 181 Å². The largest absolute Gasteiger partial charge is 0.465 e. The van der Waals surface area contributed by atoms with E-state index in [1.807, 2.05) is 0 Å². The maximum atomic E-state index is 12.6. The second kappa shape index (κ2) is 8.67. The highest BCUT2D eigenvalue weighted by Crippen LogP contribution is 2.38. The molecule has 12 nitrogen and oxygen atoms in total. The molecule has 0 unspecified atom stereocenters. The molecule has 3 N–H and O–H groups in total. The van der Waals surface area contributed by atoms with Crippen LogP contribution in [0.25, 0.3) is 11.4 Å². The van der Waals surface area contributed by atoms with Crippen LogP contribution in [0.2, 0.25) is 5.02 Å². The Morgan fingerprint density at radius 2 is 1.87 bits per heavy atom. The fourth-order valence-corrected chi connectivity index (χ4v) is 3.86. The molecule has 0 radical (unpaired) electrons. The molecule has 14 heteroatoms. The zero-order valence-electron chi connectivity index (χ0n) is 16.1. The molecule has 1 aliphatic heterocycles. The summed E-state index contributed by atoms with van der Waals surface area (Å²) in [6.45, 7) is 0. The smallest absolute Gasteiger partial charge is 0.355 e. The van der Waals surface area contributed by atoms with Crippen LogP contribution in [0.15, 0.2) is 52.7 Å². The molecule has 31 heavy (non-hydrogen) atoms. The molecule has 0 bridgehead atoms. The normalized spacial score (nSPS) is 13.9. The molecule has 0 aliphatic carbocycles. The lowest BCUT2D eigenvalue weighted by atomic mass is 10.1.